The zero-order valence-electron chi connectivity index (χ0n) is 15.9. The van der Waals surface area contributed by atoms with E-state index in [2.05, 4.69) is 4.74 Å². The Labute approximate surface area is 175 Å². The Morgan fingerprint density at radius 1 is 1.24 bits per heavy atom. The van der Waals surface area contributed by atoms with Crippen LogP contribution in [-0.4, -0.2) is 22.6 Å². The number of fused-ring (bicyclic) bond motifs is 1. The van der Waals surface area contributed by atoms with E-state index in [0.29, 0.717) is 33.4 Å². The highest BCUT2D eigenvalue weighted by atomic mass is 32.2. The maximum absolute atomic E-state index is 13.0. The molecule has 0 saturated carbocycles. The summed E-state index contributed by atoms with van der Waals surface area (Å²) < 4.78 is 12.5. The van der Waals surface area contributed by atoms with E-state index in [1.54, 1.807) is 16.7 Å². The lowest BCUT2D eigenvalue weighted by molar-refractivity contribution is 0.0563. The van der Waals surface area contributed by atoms with Crippen molar-refractivity contribution in [2.75, 3.05) is 7.11 Å². The molecule has 6 nitrogen and oxygen atoms in total. The molecule has 0 spiro atoms. The minimum atomic E-state index is -0.516. The average Bonchev–Trinajstić information content (AvgIpc) is 3.40. The van der Waals surface area contributed by atoms with Gasteiger partial charge in [0.25, 0.3) is 5.56 Å². The summed E-state index contributed by atoms with van der Waals surface area (Å²) in [4.78, 5) is 30.3. The zero-order valence-corrected chi connectivity index (χ0v) is 17.5. The summed E-state index contributed by atoms with van der Waals surface area (Å²) in [5, 5.41) is 0.624. The number of thioether (sulfide) groups is 1. The molecule has 3 aromatic heterocycles. The van der Waals surface area contributed by atoms with Gasteiger partial charge in [-0.3, -0.25) is 9.36 Å². The van der Waals surface area contributed by atoms with Crippen LogP contribution in [0.2, 0.25) is 0 Å². The number of carbonyl (C=O) groups is 1. The fourth-order valence-electron chi connectivity index (χ4n) is 2.93. The van der Waals surface area contributed by atoms with Crippen LogP contribution in [0.3, 0.4) is 0 Å². The van der Waals surface area contributed by atoms with Gasteiger partial charge in [0, 0.05) is 11.4 Å². The number of aromatic nitrogens is 2. The Hall–Kier alpha value is -2.84. The predicted molar refractivity (Wildman–Crippen MR) is 115 cm³/mol. The fourth-order valence-corrected chi connectivity index (χ4v) is 4.93. The average molecular weight is 427 g/mol. The highest BCUT2D eigenvalue weighted by molar-refractivity contribution is 7.98. The van der Waals surface area contributed by atoms with E-state index in [9.17, 15) is 9.59 Å². The Morgan fingerprint density at radius 2 is 2.03 bits per heavy atom. The quantitative estimate of drug-likeness (QED) is 0.250. The van der Waals surface area contributed by atoms with Gasteiger partial charge in [-0.15, -0.1) is 11.3 Å². The van der Waals surface area contributed by atoms with Crippen LogP contribution in [0.15, 0.2) is 62.9 Å². The molecule has 0 fully saturated rings. The van der Waals surface area contributed by atoms with E-state index in [0.717, 1.165) is 10.4 Å². The third-order valence-electron chi connectivity index (χ3n) is 4.37. The second-order valence-electron chi connectivity index (χ2n) is 6.18. The molecule has 148 valence electrons. The first-order valence-corrected chi connectivity index (χ1v) is 10.8. The Balaban J connectivity index is 1.66. The molecule has 0 unspecified atom stereocenters. The molecule has 0 bridgehead atoms. The number of benzene rings is 1. The van der Waals surface area contributed by atoms with E-state index < -0.39 is 5.97 Å². The molecule has 0 aliphatic heterocycles. The SMILES string of the molecule is CCn1c(SCc2ccc(C(=O)OC)o2)nc2cc(-c3ccccc3)sc2c1=O. The van der Waals surface area contributed by atoms with Gasteiger partial charge < -0.3 is 9.15 Å². The van der Waals surface area contributed by atoms with Gasteiger partial charge in [0.05, 0.1) is 18.4 Å². The summed E-state index contributed by atoms with van der Waals surface area (Å²) in [7, 11) is 1.31. The lowest BCUT2D eigenvalue weighted by Crippen LogP contribution is -2.21. The van der Waals surface area contributed by atoms with E-state index in [4.69, 9.17) is 9.40 Å². The van der Waals surface area contributed by atoms with Crippen molar-refractivity contribution >= 4 is 39.3 Å². The molecular formula is C21H18N2O4S2. The normalized spacial score (nSPS) is 11.1. The minimum Gasteiger partial charge on any atom is -0.463 e. The first-order chi connectivity index (χ1) is 14.1. The number of thiophene rings is 1. The lowest BCUT2D eigenvalue weighted by atomic mass is 10.2. The number of carbonyl (C=O) groups excluding carboxylic acids is 1. The number of nitrogens with zero attached hydrogens (tertiary/aromatic N) is 2. The summed E-state index contributed by atoms with van der Waals surface area (Å²) >= 11 is 2.87. The number of hydrogen-bond acceptors (Lipinski definition) is 7. The molecule has 1 aromatic carbocycles. The van der Waals surface area contributed by atoms with Crippen molar-refractivity contribution in [2.45, 2.75) is 24.4 Å². The summed E-state index contributed by atoms with van der Waals surface area (Å²) in [5.41, 5.74) is 1.72. The number of ether oxygens (including phenoxy) is 1. The van der Waals surface area contributed by atoms with Gasteiger partial charge >= 0.3 is 5.97 Å². The summed E-state index contributed by atoms with van der Waals surface area (Å²) in [6.45, 7) is 2.45. The predicted octanol–water partition coefficient (Wildman–Crippen LogP) is 4.82. The first-order valence-electron chi connectivity index (χ1n) is 9.00. The van der Waals surface area contributed by atoms with E-state index >= 15 is 0 Å². The monoisotopic (exact) mass is 426 g/mol. The van der Waals surface area contributed by atoms with Crippen LogP contribution in [0.25, 0.3) is 20.7 Å². The standard InChI is InChI=1S/C21H18N2O4S2/c1-3-23-19(24)18-15(11-17(29-18)13-7-5-4-6-8-13)22-21(23)28-12-14-9-10-16(27-14)20(25)26-2/h4-11H,3,12H2,1-2H3. The van der Waals surface area contributed by atoms with Crippen molar-refractivity contribution in [1.29, 1.82) is 0 Å². The van der Waals surface area contributed by atoms with Crippen LogP contribution < -0.4 is 5.56 Å². The topological polar surface area (TPSA) is 74.3 Å². The number of rotatable bonds is 6. The van der Waals surface area contributed by atoms with E-state index in [1.807, 2.05) is 43.3 Å². The molecule has 0 amide bonds. The summed E-state index contributed by atoms with van der Waals surface area (Å²) in [5.74, 6) is 0.704. The largest absolute Gasteiger partial charge is 0.463 e. The van der Waals surface area contributed by atoms with Crippen LogP contribution in [0.4, 0.5) is 0 Å². The Bertz CT molecular complexity index is 1220. The summed E-state index contributed by atoms with van der Waals surface area (Å²) in [6, 6.07) is 15.2. The van der Waals surface area contributed by atoms with Crippen LogP contribution in [-0.2, 0) is 17.0 Å². The number of hydrogen-bond donors (Lipinski definition) is 0. The molecule has 0 aliphatic carbocycles. The molecule has 0 aliphatic rings. The summed E-state index contributed by atoms with van der Waals surface area (Å²) in [6.07, 6.45) is 0. The van der Waals surface area contributed by atoms with Crippen molar-refractivity contribution in [3.05, 3.63) is 70.4 Å². The molecular weight excluding hydrogens is 408 g/mol. The third kappa shape index (κ3) is 3.86. The molecule has 29 heavy (non-hydrogen) atoms. The molecule has 8 heteroatoms. The van der Waals surface area contributed by atoms with Crippen molar-refractivity contribution in [1.82, 2.24) is 9.55 Å². The second-order valence-corrected chi connectivity index (χ2v) is 8.18. The van der Waals surface area contributed by atoms with Crippen LogP contribution in [0.1, 0.15) is 23.2 Å². The maximum atomic E-state index is 13.0. The molecule has 0 N–H and O–H groups in total. The van der Waals surface area contributed by atoms with Gasteiger partial charge in [0.2, 0.25) is 5.76 Å². The smallest absolute Gasteiger partial charge is 0.373 e. The first kappa shape index (κ1) is 19.5. The van der Waals surface area contributed by atoms with Crippen LogP contribution in [0.5, 0.6) is 0 Å². The minimum absolute atomic E-state index is 0.0399. The second kappa shape index (κ2) is 8.26. The van der Waals surface area contributed by atoms with Gasteiger partial charge in [0.1, 0.15) is 10.5 Å². The van der Waals surface area contributed by atoms with Crippen molar-refractivity contribution in [2.24, 2.45) is 0 Å². The molecule has 3 heterocycles. The number of furan rings is 1. The zero-order chi connectivity index (χ0) is 20.4. The highest BCUT2D eigenvalue weighted by Crippen LogP contribution is 2.32. The molecule has 4 rings (SSSR count). The van der Waals surface area contributed by atoms with Crippen LogP contribution in [0, 0.1) is 0 Å². The Morgan fingerprint density at radius 3 is 2.76 bits per heavy atom. The van der Waals surface area contributed by atoms with Gasteiger partial charge in [0.15, 0.2) is 5.16 Å². The number of esters is 1. The van der Waals surface area contributed by atoms with Gasteiger partial charge in [-0.25, -0.2) is 9.78 Å². The lowest BCUT2D eigenvalue weighted by Gasteiger charge is -2.08. The molecule has 0 radical (unpaired) electrons. The van der Waals surface area contributed by atoms with Crippen LogP contribution >= 0.6 is 23.1 Å². The fraction of sp³-hybridized carbons (Fsp3) is 0.190. The maximum Gasteiger partial charge on any atom is 0.373 e. The molecule has 0 atom stereocenters. The van der Waals surface area contributed by atoms with E-state index in [1.165, 1.54) is 30.2 Å². The van der Waals surface area contributed by atoms with Crippen molar-refractivity contribution < 1.29 is 13.9 Å². The van der Waals surface area contributed by atoms with Gasteiger partial charge in [-0.05, 0) is 30.7 Å². The van der Waals surface area contributed by atoms with Crippen molar-refractivity contribution in [3.8, 4) is 10.4 Å². The third-order valence-corrected chi connectivity index (χ3v) is 6.53. The molecule has 4 aromatic rings. The number of methoxy groups -OCH3 is 1. The van der Waals surface area contributed by atoms with E-state index in [-0.39, 0.29) is 11.3 Å². The Kier molecular flexibility index (Phi) is 5.55. The highest BCUT2D eigenvalue weighted by Gasteiger charge is 2.16. The van der Waals surface area contributed by atoms with Gasteiger partial charge in [-0.1, -0.05) is 42.1 Å². The van der Waals surface area contributed by atoms with Crippen molar-refractivity contribution in [3.63, 3.8) is 0 Å². The molecule has 0 saturated heterocycles. The van der Waals surface area contributed by atoms with Gasteiger partial charge in [-0.2, -0.15) is 0 Å².